The average Bonchev–Trinajstić information content (AvgIpc) is 2.56. The minimum absolute atomic E-state index is 1.01. The lowest BCUT2D eigenvalue weighted by molar-refractivity contribution is 0.278. The summed E-state index contributed by atoms with van der Waals surface area (Å²) in [6, 6.07) is 26.6. The number of nitrogens with zero attached hydrogens (tertiary/aromatic N) is 1. The highest BCUT2D eigenvalue weighted by Gasteiger charge is 2.01. The molecule has 3 rings (SSSR count). The van der Waals surface area contributed by atoms with Crippen molar-refractivity contribution in [3.05, 3.63) is 78.9 Å². The molecule has 3 aromatic rings. The van der Waals surface area contributed by atoms with Gasteiger partial charge in [-0.1, -0.05) is 66.7 Å². The van der Waals surface area contributed by atoms with Gasteiger partial charge < -0.3 is 15.1 Å². The van der Waals surface area contributed by atoms with Gasteiger partial charge in [0, 0.05) is 11.1 Å². The van der Waals surface area contributed by atoms with Gasteiger partial charge in [-0.2, -0.15) is 0 Å². The second-order valence-electron chi connectivity index (χ2n) is 4.49. The van der Waals surface area contributed by atoms with E-state index in [1.54, 1.807) is 0 Å². The van der Waals surface area contributed by atoms with Crippen LogP contribution in [0.15, 0.2) is 78.9 Å². The monoisotopic (exact) mass is 293 g/mol. The topological polar surface area (TPSA) is 73.6 Å². The van der Waals surface area contributed by atoms with E-state index in [1.165, 1.54) is 0 Å². The molecule has 0 aliphatic carbocycles. The Morgan fingerprint density at radius 1 is 0.545 bits per heavy atom. The summed E-state index contributed by atoms with van der Waals surface area (Å²) < 4.78 is 0. The number of hydrogen-bond donors (Lipinski definition) is 3. The maximum absolute atomic E-state index is 7.17. The van der Waals surface area contributed by atoms with Crippen molar-refractivity contribution in [3.8, 4) is 22.5 Å². The van der Waals surface area contributed by atoms with Crippen LogP contribution in [0, 0.1) is 0 Å². The lowest BCUT2D eigenvalue weighted by Crippen LogP contribution is -2.07. The molecule has 22 heavy (non-hydrogen) atoms. The first-order valence-electron chi connectivity index (χ1n) is 6.79. The lowest BCUT2D eigenvalue weighted by Gasteiger charge is -2.04. The SMILES string of the molecule is OB(O)O.c1ccc(-c2cccc(-c3ccccc3)n2)cc1. The largest absolute Gasteiger partial charge is 0.631 e. The summed E-state index contributed by atoms with van der Waals surface area (Å²) >= 11 is 0. The predicted molar refractivity (Wildman–Crippen MR) is 87.5 cm³/mol. The fourth-order valence-electron chi connectivity index (χ4n) is 1.97. The summed E-state index contributed by atoms with van der Waals surface area (Å²) in [7, 11) is -2.17. The minimum Gasteiger partial charge on any atom is -0.402 e. The summed E-state index contributed by atoms with van der Waals surface area (Å²) in [5.41, 5.74) is 4.32. The summed E-state index contributed by atoms with van der Waals surface area (Å²) in [6.07, 6.45) is 0. The molecule has 0 aliphatic heterocycles. The maximum Gasteiger partial charge on any atom is 0.631 e. The van der Waals surface area contributed by atoms with Crippen molar-refractivity contribution in [3.63, 3.8) is 0 Å². The molecule has 0 bridgehead atoms. The highest BCUT2D eigenvalue weighted by molar-refractivity contribution is 6.30. The molecule has 3 N–H and O–H groups in total. The number of benzene rings is 2. The summed E-state index contributed by atoms with van der Waals surface area (Å²) in [6.45, 7) is 0. The van der Waals surface area contributed by atoms with E-state index in [1.807, 2.05) is 48.5 Å². The van der Waals surface area contributed by atoms with Gasteiger partial charge in [0.25, 0.3) is 0 Å². The Bertz CT molecular complexity index is 633. The predicted octanol–water partition coefficient (Wildman–Crippen LogP) is 2.36. The quantitative estimate of drug-likeness (QED) is 0.634. The third-order valence-corrected chi connectivity index (χ3v) is 2.89. The Morgan fingerprint density at radius 2 is 0.909 bits per heavy atom. The first-order valence-corrected chi connectivity index (χ1v) is 6.79. The van der Waals surface area contributed by atoms with Crippen LogP contribution < -0.4 is 0 Å². The third-order valence-electron chi connectivity index (χ3n) is 2.89. The van der Waals surface area contributed by atoms with Crippen molar-refractivity contribution in [2.24, 2.45) is 0 Å². The molecule has 0 fully saturated rings. The molecule has 0 spiro atoms. The normalized spacial score (nSPS) is 9.59. The minimum atomic E-state index is -2.17. The molecule has 4 nitrogen and oxygen atoms in total. The molecular weight excluding hydrogens is 277 g/mol. The zero-order valence-corrected chi connectivity index (χ0v) is 11.9. The van der Waals surface area contributed by atoms with Crippen molar-refractivity contribution in [2.45, 2.75) is 0 Å². The van der Waals surface area contributed by atoms with Crippen LogP contribution in [0.25, 0.3) is 22.5 Å². The van der Waals surface area contributed by atoms with Crippen LogP contribution in [0.5, 0.6) is 0 Å². The number of rotatable bonds is 2. The van der Waals surface area contributed by atoms with Gasteiger partial charge in [-0.3, -0.25) is 0 Å². The zero-order chi connectivity index (χ0) is 15.8. The van der Waals surface area contributed by atoms with E-state index in [2.05, 4.69) is 30.3 Å². The third kappa shape index (κ3) is 4.82. The van der Waals surface area contributed by atoms with E-state index in [0.717, 1.165) is 22.5 Å². The first kappa shape index (κ1) is 15.9. The van der Waals surface area contributed by atoms with Crippen LogP contribution >= 0.6 is 0 Å². The Balaban J connectivity index is 0.000000396. The molecule has 0 atom stereocenters. The van der Waals surface area contributed by atoms with E-state index in [-0.39, 0.29) is 0 Å². The van der Waals surface area contributed by atoms with Crippen LogP contribution in [0.3, 0.4) is 0 Å². The standard InChI is InChI=1S/C17H13N.BH3O3/c1-3-8-14(9-4-1)16-12-7-13-17(18-16)15-10-5-2-6-11-15;2-1(3)4/h1-13H;2-4H. The van der Waals surface area contributed by atoms with Gasteiger partial charge in [0.1, 0.15) is 0 Å². The highest BCUT2D eigenvalue weighted by Crippen LogP contribution is 2.21. The van der Waals surface area contributed by atoms with Gasteiger partial charge in [-0.05, 0) is 12.1 Å². The summed E-state index contributed by atoms with van der Waals surface area (Å²) in [4.78, 5) is 4.71. The fourth-order valence-corrected chi connectivity index (χ4v) is 1.97. The molecule has 2 aromatic carbocycles. The van der Waals surface area contributed by atoms with Gasteiger partial charge in [0.05, 0.1) is 11.4 Å². The Morgan fingerprint density at radius 3 is 1.27 bits per heavy atom. The van der Waals surface area contributed by atoms with Crippen LogP contribution in [0.4, 0.5) is 0 Å². The van der Waals surface area contributed by atoms with Crippen LogP contribution in [0.2, 0.25) is 0 Å². The van der Waals surface area contributed by atoms with E-state index in [4.69, 9.17) is 20.1 Å². The highest BCUT2D eigenvalue weighted by atomic mass is 16.5. The van der Waals surface area contributed by atoms with Gasteiger partial charge in [-0.15, -0.1) is 0 Å². The molecule has 0 amide bonds. The average molecular weight is 293 g/mol. The van der Waals surface area contributed by atoms with Crippen molar-refractivity contribution in [1.29, 1.82) is 0 Å². The zero-order valence-electron chi connectivity index (χ0n) is 11.9. The second-order valence-corrected chi connectivity index (χ2v) is 4.49. The number of aromatic nitrogens is 1. The van der Waals surface area contributed by atoms with E-state index in [9.17, 15) is 0 Å². The van der Waals surface area contributed by atoms with Crippen molar-refractivity contribution in [2.75, 3.05) is 0 Å². The van der Waals surface area contributed by atoms with E-state index in [0.29, 0.717) is 0 Å². The van der Waals surface area contributed by atoms with Crippen molar-refractivity contribution < 1.29 is 15.1 Å². The molecule has 1 heterocycles. The number of pyridine rings is 1. The lowest BCUT2D eigenvalue weighted by atomic mass is 10.1. The van der Waals surface area contributed by atoms with Gasteiger partial charge in [0.2, 0.25) is 0 Å². The maximum atomic E-state index is 7.17. The van der Waals surface area contributed by atoms with Crippen molar-refractivity contribution in [1.82, 2.24) is 4.98 Å². The molecular formula is C17H16BNO3. The van der Waals surface area contributed by atoms with Crippen molar-refractivity contribution >= 4 is 7.32 Å². The van der Waals surface area contributed by atoms with Gasteiger partial charge in [0.15, 0.2) is 0 Å². The molecule has 1 aromatic heterocycles. The van der Waals surface area contributed by atoms with E-state index >= 15 is 0 Å². The van der Waals surface area contributed by atoms with Gasteiger partial charge in [-0.25, -0.2) is 4.98 Å². The Labute approximate surface area is 129 Å². The Hall–Kier alpha value is -2.47. The molecule has 0 aliphatic rings. The van der Waals surface area contributed by atoms with Crippen LogP contribution in [-0.4, -0.2) is 27.4 Å². The number of hydrogen-bond acceptors (Lipinski definition) is 4. The molecule has 0 unspecified atom stereocenters. The second kappa shape index (κ2) is 8.09. The molecule has 0 saturated heterocycles. The molecule has 110 valence electrons. The first-order chi connectivity index (χ1) is 10.7. The summed E-state index contributed by atoms with van der Waals surface area (Å²) in [5.74, 6) is 0. The van der Waals surface area contributed by atoms with Gasteiger partial charge >= 0.3 is 7.32 Å². The summed E-state index contributed by atoms with van der Waals surface area (Å²) in [5, 5.41) is 21.5. The van der Waals surface area contributed by atoms with E-state index < -0.39 is 7.32 Å². The Kier molecular flexibility index (Phi) is 5.86. The smallest absolute Gasteiger partial charge is 0.402 e. The van der Waals surface area contributed by atoms with Crippen LogP contribution in [-0.2, 0) is 0 Å². The molecule has 0 saturated carbocycles. The molecule has 0 radical (unpaired) electrons. The fraction of sp³-hybridized carbons (Fsp3) is 0. The van der Waals surface area contributed by atoms with Crippen LogP contribution in [0.1, 0.15) is 0 Å². The molecule has 5 heteroatoms.